The van der Waals surface area contributed by atoms with Gasteiger partial charge in [0.2, 0.25) is 0 Å². The van der Waals surface area contributed by atoms with E-state index in [-0.39, 0.29) is 20.1 Å². The highest BCUT2D eigenvalue weighted by atomic mass is 31.1. The van der Waals surface area contributed by atoms with Gasteiger partial charge in [-0.2, -0.15) is 0 Å². The van der Waals surface area contributed by atoms with Crippen LogP contribution in [-0.4, -0.2) is 30.2 Å². The molecule has 0 aliphatic carbocycles. The van der Waals surface area contributed by atoms with Gasteiger partial charge in [-0.05, 0) is 41.8 Å². The van der Waals surface area contributed by atoms with E-state index in [0.29, 0.717) is 24.5 Å². The summed E-state index contributed by atoms with van der Waals surface area (Å²) in [6.45, 7) is 3.70. The largest absolute Gasteiger partial charge is 0.370 e. The van der Waals surface area contributed by atoms with Gasteiger partial charge >= 0.3 is 0 Å². The Balaban J connectivity index is 1.44. The highest BCUT2D eigenvalue weighted by Crippen LogP contribution is 2.57. The topological polar surface area (TPSA) is 18.5 Å². The number of ether oxygens (including phenoxy) is 2. The molecule has 4 aromatic rings. The van der Waals surface area contributed by atoms with Crippen molar-refractivity contribution in [3.05, 3.63) is 144 Å². The summed E-state index contributed by atoms with van der Waals surface area (Å²) >= 11 is 0. The van der Waals surface area contributed by atoms with Gasteiger partial charge in [0.1, 0.15) is 0 Å². The summed E-state index contributed by atoms with van der Waals surface area (Å²) in [7, 11) is -0.329. The van der Waals surface area contributed by atoms with Gasteiger partial charge in [0.15, 0.2) is 0 Å². The van der Waals surface area contributed by atoms with Crippen LogP contribution in [0.15, 0.2) is 121 Å². The SMILES string of the molecule is CP1[C@@H](Cc2ccccc2)[C@H](OCc2ccccc2)[C@@H](OCc2ccccc2)[C@@H]1Cc1ccccc1. The van der Waals surface area contributed by atoms with Gasteiger partial charge in [-0.3, -0.25) is 0 Å². The molecule has 2 nitrogen and oxygen atoms in total. The zero-order chi connectivity index (χ0) is 24.6. The van der Waals surface area contributed by atoms with E-state index in [1.54, 1.807) is 0 Å². The Morgan fingerprint density at radius 1 is 0.472 bits per heavy atom. The van der Waals surface area contributed by atoms with Crippen molar-refractivity contribution >= 4 is 7.92 Å². The second-order valence-electron chi connectivity index (χ2n) is 9.70. The Morgan fingerprint density at radius 3 is 1.11 bits per heavy atom. The lowest BCUT2D eigenvalue weighted by Gasteiger charge is -2.27. The Bertz CT molecular complexity index is 1070. The summed E-state index contributed by atoms with van der Waals surface area (Å²) in [6, 6.07) is 42.9. The zero-order valence-electron chi connectivity index (χ0n) is 20.9. The van der Waals surface area contributed by atoms with Gasteiger partial charge in [-0.1, -0.05) is 129 Å². The van der Waals surface area contributed by atoms with Crippen LogP contribution < -0.4 is 0 Å². The van der Waals surface area contributed by atoms with Gasteiger partial charge in [0.25, 0.3) is 0 Å². The lowest BCUT2D eigenvalue weighted by atomic mass is 9.98. The van der Waals surface area contributed by atoms with Gasteiger partial charge in [0, 0.05) is 11.3 Å². The predicted octanol–water partition coefficient (Wildman–Crippen LogP) is 7.51. The second kappa shape index (κ2) is 12.5. The summed E-state index contributed by atoms with van der Waals surface area (Å²) in [4.78, 5) is 0. The lowest BCUT2D eigenvalue weighted by molar-refractivity contribution is -0.0786. The van der Waals surface area contributed by atoms with E-state index in [0.717, 1.165) is 12.8 Å². The Hall–Kier alpha value is -2.77. The maximum Gasteiger partial charge on any atom is 0.0918 e. The van der Waals surface area contributed by atoms with Crippen molar-refractivity contribution < 1.29 is 9.47 Å². The van der Waals surface area contributed by atoms with Crippen LogP contribution in [0.25, 0.3) is 0 Å². The van der Waals surface area contributed by atoms with Gasteiger partial charge in [-0.25, -0.2) is 0 Å². The molecule has 36 heavy (non-hydrogen) atoms. The minimum Gasteiger partial charge on any atom is -0.370 e. The van der Waals surface area contributed by atoms with Crippen LogP contribution in [-0.2, 0) is 35.5 Å². The minimum atomic E-state index is -0.329. The molecule has 0 N–H and O–H groups in total. The molecule has 5 rings (SSSR count). The van der Waals surface area contributed by atoms with Gasteiger partial charge < -0.3 is 9.47 Å². The predicted molar refractivity (Wildman–Crippen MR) is 151 cm³/mol. The summed E-state index contributed by atoms with van der Waals surface area (Å²) in [5.41, 5.74) is 6.08. The smallest absolute Gasteiger partial charge is 0.0918 e. The van der Waals surface area contributed by atoms with Crippen LogP contribution >= 0.6 is 7.92 Å². The van der Waals surface area contributed by atoms with Crippen LogP contribution in [0, 0.1) is 0 Å². The zero-order valence-corrected chi connectivity index (χ0v) is 21.8. The molecule has 0 aromatic heterocycles. The first kappa shape index (κ1) is 24.9. The molecule has 4 aromatic carbocycles. The summed E-state index contributed by atoms with van der Waals surface area (Å²) in [5.74, 6) is 0. The first-order chi connectivity index (χ1) is 17.8. The van der Waals surface area contributed by atoms with Crippen molar-refractivity contribution in [2.24, 2.45) is 0 Å². The van der Waals surface area contributed by atoms with Gasteiger partial charge in [0.05, 0.1) is 25.4 Å². The quantitative estimate of drug-likeness (QED) is 0.213. The average molecular weight is 495 g/mol. The van der Waals surface area contributed by atoms with E-state index in [1.165, 1.54) is 22.3 Å². The molecular formula is C33H35O2P. The van der Waals surface area contributed by atoms with Gasteiger partial charge in [-0.15, -0.1) is 0 Å². The third-order valence-electron chi connectivity index (χ3n) is 7.27. The fourth-order valence-corrected chi connectivity index (χ4v) is 8.25. The van der Waals surface area contributed by atoms with Crippen molar-refractivity contribution in [2.75, 3.05) is 6.66 Å². The normalized spacial score (nSPS) is 22.0. The minimum absolute atomic E-state index is 0.0546. The third kappa shape index (κ3) is 6.31. The molecule has 184 valence electrons. The highest BCUT2D eigenvalue weighted by molar-refractivity contribution is 7.59. The van der Waals surface area contributed by atoms with Crippen LogP contribution in [0.3, 0.4) is 0 Å². The average Bonchev–Trinajstić information content (AvgIpc) is 3.18. The summed E-state index contributed by atoms with van der Waals surface area (Å²) in [6.07, 6.45) is 2.16. The molecule has 0 amide bonds. The standard InChI is InChI=1S/C33H35O2P/c1-36-30(22-26-14-6-2-7-15-26)32(34-24-28-18-10-4-11-19-28)33(35-25-29-20-12-5-13-21-29)31(36)23-27-16-8-3-9-17-27/h2-21,30-33H,22-25H2,1H3/t30-,31-,32-,33-/m0/s1. The van der Waals surface area contributed by atoms with E-state index < -0.39 is 0 Å². The Labute approximate surface area is 217 Å². The van der Waals surface area contributed by atoms with E-state index in [2.05, 4.69) is 128 Å². The molecule has 4 atom stereocenters. The third-order valence-corrected chi connectivity index (χ3v) is 10.3. The Kier molecular flexibility index (Phi) is 8.62. The fourth-order valence-electron chi connectivity index (χ4n) is 5.32. The molecule has 0 radical (unpaired) electrons. The molecule has 0 saturated carbocycles. The maximum absolute atomic E-state index is 6.80. The van der Waals surface area contributed by atoms with Crippen LogP contribution in [0.4, 0.5) is 0 Å². The fraction of sp³-hybridized carbons (Fsp3) is 0.273. The summed E-state index contributed by atoms with van der Waals surface area (Å²) in [5, 5.41) is 0. The molecule has 1 aliphatic heterocycles. The molecule has 1 aliphatic rings. The monoisotopic (exact) mass is 494 g/mol. The highest BCUT2D eigenvalue weighted by Gasteiger charge is 2.49. The van der Waals surface area contributed by atoms with Crippen molar-refractivity contribution in [1.29, 1.82) is 0 Å². The van der Waals surface area contributed by atoms with Crippen LogP contribution in [0.5, 0.6) is 0 Å². The molecule has 1 fully saturated rings. The molecule has 0 spiro atoms. The van der Waals surface area contributed by atoms with Crippen LogP contribution in [0.1, 0.15) is 22.3 Å². The van der Waals surface area contributed by atoms with E-state index in [1.807, 2.05) is 0 Å². The lowest BCUT2D eigenvalue weighted by Crippen LogP contribution is -2.38. The molecule has 0 unspecified atom stereocenters. The molecule has 1 saturated heterocycles. The number of hydrogen-bond acceptors (Lipinski definition) is 2. The van der Waals surface area contributed by atoms with Crippen molar-refractivity contribution in [2.45, 2.75) is 49.6 Å². The summed E-state index contributed by atoms with van der Waals surface area (Å²) < 4.78 is 13.6. The van der Waals surface area contributed by atoms with E-state index in [4.69, 9.17) is 9.47 Å². The number of rotatable bonds is 10. The van der Waals surface area contributed by atoms with E-state index in [9.17, 15) is 0 Å². The molecular weight excluding hydrogens is 459 g/mol. The van der Waals surface area contributed by atoms with Crippen molar-refractivity contribution in [1.82, 2.24) is 0 Å². The molecule has 0 bridgehead atoms. The first-order valence-corrected chi connectivity index (χ1v) is 14.8. The first-order valence-electron chi connectivity index (χ1n) is 12.9. The van der Waals surface area contributed by atoms with Crippen molar-refractivity contribution in [3.8, 4) is 0 Å². The van der Waals surface area contributed by atoms with E-state index >= 15 is 0 Å². The van der Waals surface area contributed by atoms with Crippen LogP contribution in [0.2, 0.25) is 0 Å². The Morgan fingerprint density at radius 2 is 0.778 bits per heavy atom. The number of hydrogen-bond donors (Lipinski definition) is 0. The number of benzene rings is 4. The maximum atomic E-state index is 6.80. The van der Waals surface area contributed by atoms with Crippen molar-refractivity contribution in [3.63, 3.8) is 0 Å². The molecule has 1 heterocycles. The second-order valence-corrected chi connectivity index (χ2v) is 12.4. The molecule has 3 heteroatoms.